The lowest BCUT2D eigenvalue weighted by atomic mass is 9.96. The highest BCUT2D eigenvalue weighted by atomic mass is 16.6. The van der Waals surface area contributed by atoms with Crippen LogP contribution in [0.15, 0.2) is 84.9 Å². The van der Waals surface area contributed by atoms with Gasteiger partial charge in [-0.25, -0.2) is 0 Å². The molecule has 0 radical (unpaired) electrons. The molecule has 0 spiro atoms. The first-order valence-electron chi connectivity index (χ1n) is 25.5. The first-order valence-corrected chi connectivity index (χ1v) is 25.5. The molecule has 0 saturated carbocycles. The first-order chi connectivity index (χ1) is 34.4. The van der Waals surface area contributed by atoms with Gasteiger partial charge in [0.25, 0.3) is 0 Å². The van der Waals surface area contributed by atoms with Crippen molar-refractivity contribution in [1.29, 1.82) is 0 Å². The molecule has 0 atom stereocenters. The van der Waals surface area contributed by atoms with E-state index in [2.05, 4.69) is 6.92 Å². The Labute approximate surface area is 440 Å². The van der Waals surface area contributed by atoms with Crippen molar-refractivity contribution in [3.05, 3.63) is 118 Å². The van der Waals surface area contributed by atoms with Crippen LogP contribution >= 0.6 is 0 Å². The summed E-state index contributed by atoms with van der Waals surface area (Å²) in [5, 5.41) is 0. The normalized spacial score (nSPS) is 12.0. The van der Waals surface area contributed by atoms with E-state index in [-0.39, 0.29) is 41.4 Å². The van der Waals surface area contributed by atoms with E-state index in [1.54, 1.807) is 114 Å². The number of esters is 4. The molecule has 0 heterocycles. The fourth-order valence-corrected chi connectivity index (χ4v) is 6.18. The number of carbonyl (C=O) groups is 6. The van der Waals surface area contributed by atoms with Crippen molar-refractivity contribution in [1.82, 2.24) is 0 Å². The molecule has 0 fully saturated rings. The summed E-state index contributed by atoms with van der Waals surface area (Å²) < 4.78 is 34.1. The zero-order valence-electron chi connectivity index (χ0n) is 47.0. The second-order valence-corrected chi connectivity index (χ2v) is 22.5. The van der Waals surface area contributed by atoms with Crippen molar-refractivity contribution in [2.75, 3.05) is 13.2 Å². The van der Waals surface area contributed by atoms with Gasteiger partial charge in [0.05, 0.1) is 34.9 Å². The molecular weight excluding hydrogens is 937 g/mol. The minimum absolute atomic E-state index is 0.0780. The van der Waals surface area contributed by atoms with Crippen molar-refractivity contribution in [2.24, 2.45) is 21.7 Å². The summed E-state index contributed by atoms with van der Waals surface area (Å²) in [4.78, 5) is 75.0. The highest BCUT2D eigenvalue weighted by Crippen LogP contribution is 2.37. The maximum absolute atomic E-state index is 12.9. The molecule has 400 valence electrons. The topological polar surface area (TPSA) is 158 Å². The van der Waals surface area contributed by atoms with E-state index in [4.69, 9.17) is 28.4 Å². The minimum atomic E-state index is -0.649. The summed E-state index contributed by atoms with van der Waals surface area (Å²) >= 11 is 0. The van der Waals surface area contributed by atoms with Crippen LogP contribution < -0.4 is 28.4 Å². The third-order valence-corrected chi connectivity index (χ3v) is 10.8. The summed E-state index contributed by atoms with van der Waals surface area (Å²) in [5.74, 6) is 1.15. The van der Waals surface area contributed by atoms with Gasteiger partial charge >= 0.3 is 23.9 Å². The molecule has 0 aliphatic carbocycles. The number of allylic oxidation sites excluding steroid dienone is 2. The maximum Gasteiger partial charge on any atom is 0.316 e. The molecule has 0 bridgehead atoms. The highest BCUT2D eigenvalue weighted by molar-refractivity contribution is 6.07. The molecule has 0 amide bonds. The van der Waals surface area contributed by atoms with Gasteiger partial charge in [-0.1, -0.05) is 41.0 Å². The summed E-state index contributed by atoms with van der Waals surface area (Å²) in [6, 6.07) is 20.2. The van der Waals surface area contributed by atoms with Crippen LogP contribution in [-0.4, -0.2) is 48.7 Å². The Hall–Kier alpha value is -6.82. The largest absolute Gasteiger partial charge is 0.493 e. The minimum Gasteiger partial charge on any atom is -0.493 e. The van der Waals surface area contributed by atoms with Crippen molar-refractivity contribution >= 4 is 47.6 Å². The van der Waals surface area contributed by atoms with Crippen LogP contribution in [0.5, 0.6) is 34.5 Å². The summed E-state index contributed by atoms with van der Waals surface area (Å²) in [5.41, 5.74) is 1.57. The summed E-state index contributed by atoms with van der Waals surface area (Å²) in [7, 11) is 0. The number of benzene rings is 4. The van der Waals surface area contributed by atoms with E-state index < -0.39 is 21.7 Å². The van der Waals surface area contributed by atoms with E-state index in [1.165, 1.54) is 12.2 Å². The molecule has 0 aliphatic heterocycles. The van der Waals surface area contributed by atoms with E-state index in [1.807, 2.05) is 81.4 Å². The number of carbonyl (C=O) groups excluding carboxylic acids is 6. The Morgan fingerprint density at radius 2 is 0.797 bits per heavy atom. The lowest BCUT2D eigenvalue weighted by Gasteiger charge is -2.21. The second kappa shape index (κ2) is 26.9. The number of hydrogen-bond acceptors (Lipinski definition) is 12. The molecule has 4 aromatic carbocycles. The van der Waals surface area contributed by atoms with Gasteiger partial charge < -0.3 is 28.4 Å². The fourth-order valence-electron chi connectivity index (χ4n) is 6.18. The van der Waals surface area contributed by atoms with Crippen molar-refractivity contribution in [3.63, 3.8) is 0 Å². The Kier molecular flexibility index (Phi) is 22.4. The number of hydrogen-bond donors (Lipinski definition) is 0. The lowest BCUT2D eigenvalue weighted by Crippen LogP contribution is -2.26. The zero-order valence-corrected chi connectivity index (χ0v) is 47.0. The molecule has 74 heavy (non-hydrogen) atoms. The van der Waals surface area contributed by atoms with E-state index in [9.17, 15) is 28.8 Å². The van der Waals surface area contributed by atoms with Crippen LogP contribution in [0.3, 0.4) is 0 Å². The van der Waals surface area contributed by atoms with Gasteiger partial charge in [-0.15, -0.1) is 0 Å². The second-order valence-electron chi connectivity index (χ2n) is 22.5. The van der Waals surface area contributed by atoms with E-state index >= 15 is 0 Å². The Morgan fingerprint density at radius 1 is 0.446 bits per heavy atom. The average Bonchev–Trinajstić information content (AvgIpc) is 3.31. The molecule has 4 aromatic rings. The number of ether oxygens (including phenoxy) is 6. The molecule has 12 heteroatoms. The Bertz CT molecular complexity index is 2640. The SMILES string of the molecule is CCCOc1cc(OC(=O)C(C)(C)C)c(C(C)C)cc1C=CC(=O)c1ccc(OC(=O)C(C)(C)C)cc1.CCCOc1cc(OC(=O)C(C)(C)C)c(CCC)cc1C=CC(=O)c1ccc(OC(=O)C(C)(C)C)cc1. The Morgan fingerprint density at radius 3 is 1.15 bits per heavy atom. The lowest BCUT2D eigenvalue weighted by molar-refractivity contribution is -0.143. The maximum atomic E-state index is 12.9. The Balaban J connectivity index is 0.000000390. The molecule has 12 nitrogen and oxygen atoms in total. The summed E-state index contributed by atoms with van der Waals surface area (Å²) in [6.45, 7) is 32.6. The van der Waals surface area contributed by atoms with Gasteiger partial charge in [0.15, 0.2) is 11.6 Å². The van der Waals surface area contributed by atoms with Gasteiger partial charge in [0, 0.05) is 34.4 Å². The van der Waals surface area contributed by atoms with E-state index in [0.29, 0.717) is 65.3 Å². The molecule has 4 rings (SSSR count). The molecule has 0 aliphatic rings. The van der Waals surface area contributed by atoms with Gasteiger partial charge in [-0.3, -0.25) is 28.8 Å². The van der Waals surface area contributed by atoms with Crippen molar-refractivity contribution < 1.29 is 57.2 Å². The predicted octanol–water partition coefficient (Wildman–Crippen LogP) is 14.6. The van der Waals surface area contributed by atoms with Gasteiger partial charge in [0.1, 0.15) is 34.5 Å². The van der Waals surface area contributed by atoms with Gasteiger partial charge in [-0.05, 0) is 204 Å². The molecular formula is C62H80O12. The third kappa shape index (κ3) is 19.2. The quantitative estimate of drug-likeness (QED) is 0.0379. The van der Waals surface area contributed by atoms with Crippen LogP contribution in [0.25, 0.3) is 12.2 Å². The number of ketones is 2. The third-order valence-electron chi connectivity index (χ3n) is 10.8. The predicted molar refractivity (Wildman–Crippen MR) is 293 cm³/mol. The van der Waals surface area contributed by atoms with Crippen LogP contribution in [0, 0.1) is 21.7 Å². The van der Waals surface area contributed by atoms with Crippen molar-refractivity contribution in [2.45, 2.75) is 149 Å². The fraction of sp³-hybridized carbons (Fsp3) is 0.452. The number of rotatable bonds is 19. The number of aryl methyl sites for hydroxylation is 1. The standard InChI is InChI=1S/2C31H40O6/c1-10-17-35-26-19-27(37-29(34)31(7,8)9)24(20(2)3)18-22(26)13-16-25(32)21-11-14-23(15-12-21)36-28(33)30(4,5)6;1-9-11-22-19-23(26(35-18-10-2)20-27(22)37-29(34)31(6,7)8)14-17-25(32)21-12-15-24(16-13-21)36-28(33)30(3,4)5/h11-16,18-20H,10,17H2,1-9H3;12-17,19-20H,9-11,18H2,1-8H3. The van der Waals surface area contributed by atoms with Crippen LogP contribution in [-0.2, 0) is 25.6 Å². The average molecular weight is 1020 g/mol. The highest BCUT2D eigenvalue weighted by Gasteiger charge is 2.28. The summed E-state index contributed by atoms with van der Waals surface area (Å²) in [6.07, 6.45) is 9.58. The van der Waals surface area contributed by atoms with Gasteiger partial charge in [-0.2, -0.15) is 0 Å². The molecule has 0 N–H and O–H groups in total. The van der Waals surface area contributed by atoms with Crippen molar-refractivity contribution in [3.8, 4) is 34.5 Å². The van der Waals surface area contributed by atoms with Crippen LogP contribution in [0.1, 0.15) is 186 Å². The van der Waals surface area contributed by atoms with Crippen LogP contribution in [0.2, 0.25) is 0 Å². The monoisotopic (exact) mass is 1020 g/mol. The zero-order chi connectivity index (χ0) is 55.8. The molecule has 0 saturated heterocycles. The molecule has 0 unspecified atom stereocenters. The smallest absolute Gasteiger partial charge is 0.316 e. The van der Waals surface area contributed by atoms with Crippen LogP contribution in [0.4, 0.5) is 0 Å². The molecule has 0 aromatic heterocycles. The van der Waals surface area contributed by atoms with Gasteiger partial charge in [0.2, 0.25) is 0 Å². The van der Waals surface area contributed by atoms with E-state index in [0.717, 1.165) is 41.5 Å². The first kappa shape index (κ1) is 61.5.